The van der Waals surface area contributed by atoms with Crippen molar-refractivity contribution >= 4 is 28.4 Å². The van der Waals surface area contributed by atoms with Gasteiger partial charge in [-0.05, 0) is 57.4 Å². The van der Waals surface area contributed by atoms with E-state index >= 15 is 0 Å². The Hall–Kier alpha value is -3.28. The van der Waals surface area contributed by atoms with Gasteiger partial charge in [0.25, 0.3) is 5.56 Å². The highest BCUT2D eigenvalue weighted by molar-refractivity contribution is 5.87. The van der Waals surface area contributed by atoms with Crippen LogP contribution < -0.4 is 10.9 Å². The van der Waals surface area contributed by atoms with Gasteiger partial charge in [0.15, 0.2) is 0 Å². The van der Waals surface area contributed by atoms with E-state index in [1.165, 1.54) is 0 Å². The summed E-state index contributed by atoms with van der Waals surface area (Å²) in [5, 5.41) is 3.92. The van der Waals surface area contributed by atoms with E-state index in [-0.39, 0.29) is 5.56 Å². The average molecular weight is 404 g/mol. The minimum Gasteiger partial charge on any atom is -0.354 e. The molecular formula is C24H29N5O. The number of nitrogens with zero attached hydrogens (tertiary/aromatic N) is 4. The van der Waals surface area contributed by atoms with Crippen LogP contribution in [0.2, 0.25) is 0 Å². The zero-order valence-electron chi connectivity index (χ0n) is 18.6. The molecule has 0 fully saturated rings. The molecule has 0 radical (unpaired) electrons. The predicted molar refractivity (Wildman–Crippen MR) is 126 cm³/mol. The van der Waals surface area contributed by atoms with Crippen LogP contribution in [0.3, 0.4) is 0 Å². The summed E-state index contributed by atoms with van der Waals surface area (Å²) < 4.78 is 1.59. The van der Waals surface area contributed by atoms with Crippen molar-refractivity contribution in [2.75, 3.05) is 11.9 Å². The van der Waals surface area contributed by atoms with Gasteiger partial charge in [0.05, 0.1) is 5.70 Å². The summed E-state index contributed by atoms with van der Waals surface area (Å²) in [6, 6.07) is 8.01. The number of nitrogens with one attached hydrogen (secondary N) is 1. The van der Waals surface area contributed by atoms with E-state index in [2.05, 4.69) is 39.3 Å². The lowest BCUT2D eigenvalue weighted by Gasteiger charge is -2.13. The first kappa shape index (κ1) is 21.4. The van der Waals surface area contributed by atoms with Crippen molar-refractivity contribution in [3.8, 4) is 11.1 Å². The van der Waals surface area contributed by atoms with Gasteiger partial charge in [-0.25, -0.2) is 4.98 Å². The van der Waals surface area contributed by atoms with Crippen LogP contribution in [0.25, 0.3) is 27.9 Å². The Morgan fingerprint density at radius 3 is 2.60 bits per heavy atom. The van der Waals surface area contributed by atoms with E-state index in [0.29, 0.717) is 17.2 Å². The van der Waals surface area contributed by atoms with E-state index < -0.39 is 0 Å². The second kappa shape index (κ2) is 9.03. The van der Waals surface area contributed by atoms with Crippen molar-refractivity contribution in [3.05, 3.63) is 58.0 Å². The summed E-state index contributed by atoms with van der Waals surface area (Å²) >= 11 is 0. The second-order valence-corrected chi connectivity index (χ2v) is 7.51. The highest BCUT2D eigenvalue weighted by Gasteiger charge is 2.14. The van der Waals surface area contributed by atoms with Gasteiger partial charge in [-0.15, -0.1) is 0 Å². The van der Waals surface area contributed by atoms with Crippen molar-refractivity contribution < 1.29 is 0 Å². The first-order valence-electron chi connectivity index (χ1n) is 10.3. The van der Waals surface area contributed by atoms with Crippen molar-refractivity contribution in [2.24, 2.45) is 12.0 Å². The molecule has 1 aromatic carbocycles. The number of pyridine rings is 1. The topological polar surface area (TPSA) is 72.2 Å². The molecule has 0 unspecified atom stereocenters. The van der Waals surface area contributed by atoms with Crippen molar-refractivity contribution in [2.45, 2.75) is 41.0 Å². The monoisotopic (exact) mass is 403 g/mol. The molecule has 2 aromatic heterocycles. The maximum atomic E-state index is 13.1. The minimum absolute atomic E-state index is 0.0776. The first-order valence-corrected chi connectivity index (χ1v) is 10.3. The van der Waals surface area contributed by atoms with Crippen molar-refractivity contribution in [1.29, 1.82) is 0 Å². The molecule has 0 atom stereocenters. The van der Waals surface area contributed by atoms with Crippen LogP contribution in [0.5, 0.6) is 0 Å². The molecule has 1 N–H and O–H groups in total. The molecule has 0 aliphatic rings. The third-order valence-electron chi connectivity index (χ3n) is 4.84. The maximum absolute atomic E-state index is 13.1. The normalized spacial score (nSPS) is 11.6. The van der Waals surface area contributed by atoms with E-state index in [1.54, 1.807) is 17.8 Å². The van der Waals surface area contributed by atoms with E-state index in [4.69, 9.17) is 0 Å². The Kier molecular flexibility index (Phi) is 6.45. The van der Waals surface area contributed by atoms with Gasteiger partial charge in [0.2, 0.25) is 5.95 Å². The van der Waals surface area contributed by atoms with Crippen LogP contribution >= 0.6 is 0 Å². The van der Waals surface area contributed by atoms with Crippen LogP contribution in [0.1, 0.15) is 45.2 Å². The molecule has 156 valence electrons. The standard InChI is InChI=1S/C24H29N5O/c1-7-9-21(27-15(3)4)17-10-11-19(16(5)12-17)20-13-18-14-26-24(25-8-2)28-22(18)29(6)23(20)30/h9-14H,7-8H2,1-6H3,(H,25,26,28)/b21-9-. The maximum Gasteiger partial charge on any atom is 0.259 e. The van der Waals surface area contributed by atoms with E-state index in [9.17, 15) is 4.79 Å². The lowest BCUT2D eigenvalue weighted by atomic mass is 9.97. The summed E-state index contributed by atoms with van der Waals surface area (Å²) in [6.45, 7) is 10.8. The Labute approximate surface area is 177 Å². The van der Waals surface area contributed by atoms with Crippen LogP contribution in [-0.2, 0) is 7.05 Å². The van der Waals surface area contributed by atoms with Gasteiger partial charge in [0, 0.05) is 42.0 Å². The van der Waals surface area contributed by atoms with Crippen molar-refractivity contribution in [1.82, 2.24) is 14.5 Å². The molecule has 0 aliphatic heterocycles. The number of aryl methyl sites for hydroxylation is 2. The molecule has 0 saturated carbocycles. The number of fused-ring (bicyclic) bond motifs is 1. The average Bonchev–Trinajstić information content (AvgIpc) is 2.71. The summed E-state index contributed by atoms with van der Waals surface area (Å²) in [4.78, 5) is 26.6. The summed E-state index contributed by atoms with van der Waals surface area (Å²) in [5.74, 6) is 0.523. The fraction of sp³-hybridized carbons (Fsp3) is 0.333. The van der Waals surface area contributed by atoms with Gasteiger partial charge >= 0.3 is 0 Å². The van der Waals surface area contributed by atoms with Crippen LogP contribution in [0.15, 0.2) is 46.3 Å². The number of aromatic nitrogens is 3. The van der Waals surface area contributed by atoms with Gasteiger partial charge < -0.3 is 5.32 Å². The molecule has 2 heterocycles. The molecule has 0 aliphatic carbocycles. The number of aliphatic imine (C=N–C) groups is 1. The molecule has 3 rings (SSSR count). The number of hydrogen-bond donors (Lipinski definition) is 1. The van der Waals surface area contributed by atoms with Crippen LogP contribution in [-0.4, -0.2) is 26.8 Å². The molecule has 6 heteroatoms. The number of rotatable bonds is 6. The fourth-order valence-corrected chi connectivity index (χ4v) is 3.47. The summed E-state index contributed by atoms with van der Waals surface area (Å²) in [6.07, 6.45) is 4.79. The van der Waals surface area contributed by atoms with E-state index in [1.807, 2.05) is 45.9 Å². The lowest BCUT2D eigenvalue weighted by molar-refractivity contribution is 0.885. The predicted octanol–water partition coefficient (Wildman–Crippen LogP) is 4.97. The third-order valence-corrected chi connectivity index (χ3v) is 4.84. The number of benzene rings is 1. The largest absolute Gasteiger partial charge is 0.354 e. The van der Waals surface area contributed by atoms with Gasteiger partial charge in [0.1, 0.15) is 5.65 Å². The molecule has 30 heavy (non-hydrogen) atoms. The Morgan fingerprint density at radius 2 is 1.97 bits per heavy atom. The molecule has 0 amide bonds. The fourth-order valence-electron chi connectivity index (χ4n) is 3.47. The molecule has 0 spiro atoms. The second-order valence-electron chi connectivity index (χ2n) is 7.51. The van der Waals surface area contributed by atoms with Gasteiger partial charge in [-0.1, -0.05) is 25.1 Å². The minimum atomic E-state index is -0.0776. The van der Waals surface area contributed by atoms with Crippen LogP contribution in [0.4, 0.5) is 5.95 Å². The molecule has 6 nitrogen and oxygen atoms in total. The first-order chi connectivity index (χ1) is 14.3. The lowest BCUT2D eigenvalue weighted by Crippen LogP contribution is -2.20. The molecule has 0 saturated heterocycles. The Morgan fingerprint density at radius 1 is 1.20 bits per heavy atom. The number of hydrogen-bond acceptors (Lipinski definition) is 5. The Balaban J connectivity index is 2.13. The van der Waals surface area contributed by atoms with Crippen LogP contribution in [0, 0.1) is 6.92 Å². The zero-order chi connectivity index (χ0) is 21.8. The summed E-state index contributed by atoms with van der Waals surface area (Å²) in [7, 11) is 1.75. The highest BCUT2D eigenvalue weighted by atomic mass is 16.1. The molecular weight excluding hydrogens is 374 g/mol. The third kappa shape index (κ3) is 4.32. The Bertz CT molecular complexity index is 1200. The number of allylic oxidation sites excluding steroid dienone is 1. The quantitative estimate of drug-likeness (QED) is 0.590. The molecule has 0 bridgehead atoms. The number of anilines is 1. The zero-order valence-corrected chi connectivity index (χ0v) is 18.6. The van der Waals surface area contributed by atoms with Crippen molar-refractivity contribution in [3.63, 3.8) is 0 Å². The van der Waals surface area contributed by atoms with Gasteiger partial charge in [-0.2, -0.15) is 4.98 Å². The SMILES string of the molecule is CC/C=C(\N=C(C)C)c1ccc(-c2cc3cnc(NCC)nc3n(C)c2=O)c(C)c1. The molecule has 3 aromatic rings. The smallest absolute Gasteiger partial charge is 0.259 e. The van der Waals surface area contributed by atoms with Gasteiger partial charge in [-0.3, -0.25) is 14.4 Å². The summed E-state index contributed by atoms with van der Waals surface area (Å²) in [5.41, 5.74) is 6.14. The highest BCUT2D eigenvalue weighted by Crippen LogP contribution is 2.27. The van der Waals surface area contributed by atoms with E-state index in [0.717, 1.165) is 46.5 Å².